The fourth-order valence-corrected chi connectivity index (χ4v) is 4.57. The Morgan fingerprint density at radius 3 is 2.59 bits per heavy atom. The number of nitrogens with one attached hydrogen (secondary N) is 1. The van der Waals surface area contributed by atoms with Crippen molar-refractivity contribution in [3.63, 3.8) is 0 Å². The predicted molar refractivity (Wildman–Crippen MR) is 122 cm³/mol. The van der Waals surface area contributed by atoms with Crippen LogP contribution in [0, 0.1) is 0 Å². The number of amides is 1. The third-order valence-corrected chi connectivity index (χ3v) is 6.52. The lowest BCUT2D eigenvalue weighted by atomic mass is 10.1. The van der Waals surface area contributed by atoms with E-state index in [0.717, 1.165) is 37.2 Å². The van der Waals surface area contributed by atoms with Crippen LogP contribution in [0.15, 0.2) is 71.6 Å². The summed E-state index contributed by atoms with van der Waals surface area (Å²) in [5.41, 5.74) is 2.58. The fraction of sp³-hybridized carbons (Fsp3) is 0.0909. The first-order valence-corrected chi connectivity index (χ1v) is 11.0. The van der Waals surface area contributed by atoms with Gasteiger partial charge in [0.15, 0.2) is 5.13 Å². The molecular formula is C22H17ClN2O2S2. The molecule has 3 aromatic carbocycles. The Balaban J connectivity index is 1.39. The molecule has 4 rings (SSSR count). The number of methoxy groups -OCH3 is 1. The summed E-state index contributed by atoms with van der Waals surface area (Å²) in [6.45, 7) is 0. The van der Waals surface area contributed by atoms with E-state index in [1.165, 1.54) is 11.3 Å². The van der Waals surface area contributed by atoms with Gasteiger partial charge in [0.25, 0.3) is 5.91 Å². The van der Waals surface area contributed by atoms with Crippen LogP contribution >= 0.6 is 34.7 Å². The Hall–Kier alpha value is -2.54. The normalized spacial score (nSPS) is 10.8. The second-order valence-electron chi connectivity index (χ2n) is 6.25. The topological polar surface area (TPSA) is 51.2 Å². The van der Waals surface area contributed by atoms with Crippen LogP contribution in [0.25, 0.3) is 10.2 Å². The van der Waals surface area contributed by atoms with E-state index in [4.69, 9.17) is 16.3 Å². The first kappa shape index (κ1) is 19.8. The number of carbonyl (C=O) groups excluding carboxylic acids is 1. The minimum absolute atomic E-state index is 0.173. The molecular weight excluding hydrogens is 424 g/mol. The van der Waals surface area contributed by atoms with Gasteiger partial charge in [0, 0.05) is 21.2 Å². The lowest BCUT2D eigenvalue weighted by molar-refractivity contribution is 0.102. The summed E-state index contributed by atoms with van der Waals surface area (Å²) in [5, 5.41) is 4.18. The Morgan fingerprint density at radius 2 is 1.86 bits per heavy atom. The third-order valence-electron chi connectivity index (χ3n) is 4.25. The number of benzene rings is 3. The summed E-state index contributed by atoms with van der Waals surface area (Å²) in [6.07, 6.45) is 0. The average Bonchev–Trinajstić information content (AvgIpc) is 3.15. The Kier molecular flexibility index (Phi) is 6.04. The first-order chi connectivity index (χ1) is 14.1. The van der Waals surface area contributed by atoms with E-state index in [9.17, 15) is 4.79 Å². The number of carbonyl (C=O) groups is 1. The number of halogens is 1. The first-order valence-electron chi connectivity index (χ1n) is 8.84. The van der Waals surface area contributed by atoms with Crippen molar-refractivity contribution in [3.05, 3.63) is 82.9 Å². The number of hydrogen-bond donors (Lipinski definition) is 1. The number of nitrogens with zero attached hydrogens (tertiary/aromatic N) is 1. The highest BCUT2D eigenvalue weighted by molar-refractivity contribution is 7.98. The molecule has 0 spiro atoms. The number of anilines is 1. The predicted octanol–water partition coefficient (Wildman–Crippen LogP) is 6.50. The van der Waals surface area contributed by atoms with Gasteiger partial charge >= 0.3 is 0 Å². The highest BCUT2D eigenvalue weighted by Gasteiger charge is 2.11. The van der Waals surface area contributed by atoms with Gasteiger partial charge in [0.1, 0.15) is 5.75 Å². The molecule has 0 saturated heterocycles. The van der Waals surface area contributed by atoms with E-state index in [1.54, 1.807) is 18.9 Å². The van der Waals surface area contributed by atoms with Crippen LogP contribution in [-0.4, -0.2) is 18.0 Å². The van der Waals surface area contributed by atoms with Crippen LogP contribution < -0.4 is 10.1 Å². The summed E-state index contributed by atoms with van der Waals surface area (Å²) >= 11 is 9.06. The smallest absolute Gasteiger partial charge is 0.257 e. The molecule has 4 aromatic rings. The molecule has 1 aromatic heterocycles. The molecule has 4 nitrogen and oxygen atoms in total. The molecule has 0 aliphatic carbocycles. The highest BCUT2D eigenvalue weighted by Crippen LogP contribution is 2.29. The Bertz CT molecular complexity index is 1140. The minimum atomic E-state index is -0.173. The van der Waals surface area contributed by atoms with Gasteiger partial charge < -0.3 is 4.74 Å². The molecule has 0 radical (unpaired) electrons. The molecule has 146 valence electrons. The van der Waals surface area contributed by atoms with Crippen LogP contribution in [-0.2, 0) is 5.75 Å². The molecule has 1 amide bonds. The van der Waals surface area contributed by atoms with E-state index in [1.807, 2.05) is 66.7 Å². The van der Waals surface area contributed by atoms with Gasteiger partial charge in [-0.05, 0) is 60.2 Å². The molecule has 0 saturated carbocycles. The van der Waals surface area contributed by atoms with Crippen molar-refractivity contribution in [2.75, 3.05) is 12.4 Å². The zero-order valence-electron chi connectivity index (χ0n) is 15.5. The van der Waals surface area contributed by atoms with Crippen molar-refractivity contribution >= 4 is 56.0 Å². The number of rotatable bonds is 6. The van der Waals surface area contributed by atoms with Gasteiger partial charge in [-0.3, -0.25) is 10.1 Å². The van der Waals surface area contributed by atoms with E-state index in [0.29, 0.717) is 10.7 Å². The summed E-state index contributed by atoms with van der Waals surface area (Å²) in [7, 11) is 1.63. The minimum Gasteiger partial charge on any atom is -0.497 e. The molecule has 29 heavy (non-hydrogen) atoms. The third kappa shape index (κ3) is 4.90. The summed E-state index contributed by atoms with van der Waals surface area (Å²) < 4.78 is 6.20. The molecule has 0 aliphatic heterocycles. The maximum Gasteiger partial charge on any atom is 0.257 e. The highest BCUT2D eigenvalue weighted by atomic mass is 35.5. The second kappa shape index (κ2) is 8.86. The van der Waals surface area contributed by atoms with Gasteiger partial charge in [-0.15, -0.1) is 11.8 Å². The lowest BCUT2D eigenvalue weighted by Gasteiger charge is -2.05. The molecule has 0 fully saturated rings. The number of fused-ring (bicyclic) bond motifs is 1. The van der Waals surface area contributed by atoms with Crippen molar-refractivity contribution in [2.45, 2.75) is 10.6 Å². The number of thioether (sulfide) groups is 1. The average molecular weight is 441 g/mol. The van der Waals surface area contributed by atoms with Crippen molar-refractivity contribution < 1.29 is 9.53 Å². The zero-order chi connectivity index (χ0) is 20.2. The van der Waals surface area contributed by atoms with Crippen LogP contribution in [0.3, 0.4) is 0 Å². The van der Waals surface area contributed by atoms with E-state index in [2.05, 4.69) is 10.3 Å². The Morgan fingerprint density at radius 1 is 1.10 bits per heavy atom. The Labute approximate surface area is 181 Å². The summed E-state index contributed by atoms with van der Waals surface area (Å²) in [6, 6.07) is 21.0. The van der Waals surface area contributed by atoms with Crippen LogP contribution in [0.4, 0.5) is 5.13 Å². The molecule has 0 bridgehead atoms. The molecule has 1 heterocycles. The second-order valence-corrected chi connectivity index (χ2v) is 8.76. The van der Waals surface area contributed by atoms with Crippen LogP contribution in [0.2, 0.25) is 5.02 Å². The van der Waals surface area contributed by atoms with Gasteiger partial charge in [-0.25, -0.2) is 4.98 Å². The standard InChI is InChI=1S/C22H17ClN2O2S2/c1-27-17-8-11-19-20(12-17)29-22(24-19)25-21(26)15-4-2-14(3-5-15)13-28-18-9-6-16(23)7-10-18/h2-12H,13H2,1H3,(H,24,25,26). The monoisotopic (exact) mass is 440 g/mol. The maximum atomic E-state index is 12.5. The molecule has 1 N–H and O–H groups in total. The quantitative estimate of drug-likeness (QED) is 0.347. The fourth-order valence-electron chi connectivity index (χ4n) is 2.70. The van der Waals surface area contributed by atoms with Crippen molar-refractivity contribution in [3.8, 4) is 5.75 Å². The largest absolute Gasteiger partial charge is 0.497 e. The summed E-state index contributed by atoms with van der Waals surface area (Å²) in [4.78, 5) is 18.2. The maximum absolute atomic E-state index is 12.5. The van der Waals surface area contributed by atoms with Gasteiger partial charge in [-0.2, -0.15) is 0 Å². The van der Waals surface area contributed by atoms with E-state index < -0.39 is 0 Å². The van der Waals surface area contributed by atoms with Crippen LogP contribution in [0.1, 0.15) is 15.9 Å². The van der Waals surface area contributed by atoms with Crippen LogP contribution in [0.5, 0.6) is 5.75 Å². The van der Waals surface area contributed by atoms with E-state index in [-0.39, 0.29) is 5.91 Å². The van der Waals surface area contributed by atoms with Gasteiger partial charge in [-0.1, -0.05) is 35.1 Å². The van der Waals surface area contributed by atoms with Crippen molar-refractivity contribution in [1.82, 2.24) is 4.98 Å². The number of ether oxygens (including phenoxy) is 1. The number of aromatic nitrogens is 1. The molecule has 0 aliphatic rings. The molecule has 0 unspecified atom stereocenters. The zero-order valence-corrected chi connectivity index (χ0v) is 17.9. The summed E-state index contributed by atoms with van der Waals surface area (Å²) in [5.74, 6) is 1.42. The van der Waals surface area contributed by atoms with Crippen molar-refractivity contribution in [1.29, 1.82) is 0 Å². The van der Waals surface area contributed by atoms with E-state index >= 15 is 0 Å². The number of thiazole rings is 1. The van der Waals surface area contributed by atoms with Gasteiger partial charge in [0.2, 0.25) is 0 Å². The number of hydrogen-bond acceptors (Lipinski definition) is 5. The van der Waals surface area contributed by atoms with Gasteiger partial charge in [0.05, 0.1) is 17.3 Å². The molecule has 0 atom stereocenters. The SMILES string of the molecule is COc1ccc2nc(NC(=O)c3ccc(CSc4ccc(Cl)cc4)cc3)sc2c1. The molecule has 7 heteroatoms. The van der Waals surface area contributed by atoms with Crippen molar-refractivity contribution in [2.24, 2.45) is 0 Å². The lowest BCUT2D eigenvalue weighted by Crippen LogP contribution is -2.11.